The molecule has 5 rings (SSSR count). The van der Waals surface area contributed by atoms with Crippen molar-refractivity contribution in [1.29, 1.82) is 0 Å². The predicted octanol–water partition coefficient (Wildman–Crippen LogP) is 3.15. The summed E-state index contributed by atoms with van der Waals surface area (Å²) in [6.07, 6.45) is 0.0892. The van der Waals surface area contributed by atoms with Crippen LogP contribution in [0.4, 0.5) is 5.69 Å². The second-order valence-corrected chi connectivity index (χ2v) is 9.20. The number of aliphatic carboxylic acids is 1. The Balaban J connectivity index is 1.78. The number of hydrogen-bond acceptors (Lipinski definition) is 5. The quantitative estimate of drug-likeness (QED) is 0.670. The molecular formula is C24H22N4O4. The molecule has 1 fully saturated rings. The van der Waals surface area contributed by atoms with Gasteiger partial charge in [0.05, 0.1) is 5.69 Å². The third-order valence-corrected chi connectivity index (χ3v) is 6.22. The van der Waals surface area contributed by atoms with E-state index in [2.05, 4.69) is 30.9 Å². The Morgan fingerprint density at radius 1 is 1.06 bits per heavy atom. The number of para-hydroxylation sites is 1. The van der Waals surface area contributed by atoms with Crippen molar-refractivity contribution in [3.8, 4) is 22.6 Å². The lowest BCUT2D eigenvalue weighted by Gasteiger charge is -2.41. The summed E-state index contributed by atoms with van der Waals surface area (Å²) in [5.74, 6) is -1.37. The number of carboxylic acids is 1. The molecule has 32 heavy (non-hydrogen) atoms. The smallest absolute Gasteiger partial charge is 0.353 e. The van der Waals surface area contributed by atoms with Gasteiger partial charge in [0.15, 0.2) is 11.5 Å². The molecule has 0 spiro atoms. The Labute approximate surface area is 184 Å². The number of carboxylic acid groups (broad SMARTS) is 1. The SMILES string of the molecule is CC(C)(C)c1ccc(-c2nn3c(nc2=O)-c2ccccc2N2C(=O)CCC23C(=O)O)cc1. The molecule has 1 atom stereocenters. The molecule has 2 aromatic carbocycles. The van der Waals surface area contributed by atoms with Crippen LogP contribution < -0.4 is 10.5 Å². The summed E-state index contributed by atoms with van der Waals surface area (Å²) in [5, 5.41) is 14.8. The van der Waals surface area contributed by atoms with E-state index >= 15 is 0 Å². The zero-order chi connectivity index (χ0) is 22.8. The van der Waals surface area contributed by atoms with Crippen molar-refractivity contribution in [2.75, 3.05) is 4.90 Å². The van der Waals surface area contributed by atoms with Gasteiger partial charge in [0.2, 0.25) is 11.6 Å². The highest BCUT2D eigenvalue weighted by Crippen LogP contribution is 2.47. The topological polar surface area (TPSA) is 105 Å². The Bertz CT molecular complexity index is 1340. The number of amides is 1. The lowest BCUT2D eigenvalue weighted by atomic mass is 9.86. The molecule has 0 aliphatic carbocycles. The first-order valence-electron chi connectivity index (χ1n) is 10.4. The maximum Gasteiger partial charge on any atom is 0.353 e. The molecule has 8 nitrogen and oxygen atoms in total. The van der Waals surface area contributed by atoms with Gasteiger partial charge in [-0.05, 0) is 23.1 Å². The molecule has 162 valence electrons. The van der Waals surface area contributed by atoms with Gasteiger partial charge < -0.3 is 5.11 Å². The van der Waals surface area contributed by atoms with Crippen LogP contribution >= 0.6 is 0 Å². The van der Waals surface area contributed by atoms with Crippen molar-refractivity contribution in [1.82, 2.24) is 14.8 Å². The van der Waals surface area contributed by atoms with Crippen LogP contribution in [0.5, 0.6) is 0 Å². The molecule has 1 aromatic heterocycles. The first-order chi connectivity index (χ1) is 15.1. The fraction of sp³-hybridized carbons (Fsp3) is 0.292. The van der Waals surface area contributed by atoms with Gasteiger partial charge >= 0.3 is 5.97 Å². The zero-order valence-electron chi connectivity index (χ0n) is 18.0. The summed E-state index contributed by atoms with van der Waals surface area (Å²) < 4.78 is 1.25. The molecule has 0 radical (unpaired) electrons. The average Bonchev–Trinajstić information content (AvgIpc) is 3.12. The summed E-state index contributed by atoms with van der Waals surface area (Å²) in [6, 6.07) is 14.3. The fourth-order valence-corrected chi connectivity index (χ4v) is 4.52. The summed E-state index contributed by atoms with van der Waals surface area (Å²) in [5.41, 5.74) is 0.240. The van der Waals surface area contributed by atoms with Gasteiger partial charge in [-0.1, -0.05) is 57.2 Å². The largest absolute Gasteiger partial charge is 0.478 e. The van der Waals surface area contributed by atoms with Gasteiger partial charge in [0.1, 0.15) is 0 Å². The van der Waals surface area contributed by atoms with Crippen LogP contribution in [0.2, 0.25) is 0 Å². The van der Waals surface area contributed by atoms with Gasteiger partial charge in [0.25, 0.3) is 5.56 Å². The highest BCUT2D eigenvalue weighted by atomic mass is 16.4. The first kappa shape index (κ1) is 20.1. The molecule has 1 saturated heterocycles. The molecule has 0 bridgehead atoms. The molecule has 3 aromatic rings. The molecule has 1 N–H and O–H groups in total. The highest BCUT2D eigenvalue weighted by molar-refractivity contribution is 6.07. The number of hydrogen-bond donors (Lipinski definition) is 1. The maximum absolute atomic E-state index is 13.0. The van der Waals surface area contributed by atoms with Crippen molar-refractivity contribution in [3.63, 3.8) is 0 Å². The third kappa shape index (κ3) is 2.65. The van der Waals surface area contributed by atoms with Crippen molar-refractivity contribution in [2.45, 2.75) is 44.7 Å². The summed E-state index contributed by atoms with van der Waals surface area (Å²) in [4.78, 5) is 43.9. The van der Waals surface area contributed by atoms with E-state index in [0.717, 1.165) is 5.56 Å². The average molecular weight is 430 g/mol. The molecule has 8 heteroatoms. The van der Waals surface area contributed by atoms with Gasteiger partial charge in [-0.3, -0.25) is 14.5 Å². The van der Waals surface area contributed by atoms with Gasteiger partial charge in [-0.2, -0.15) is 10.1 Å². The second kappa shape index (κ2) is 6.59. The Morgan fingerprint density at radius 2 is 1.75 bits per heavy atom. The molecule has 1 unspecified atom stereocenters. The Hall–Kier alpha value is -3.81. The normalized spacial score (nSPS) is 19.3. The van der Waals surface area contributed by atoms with Crippen LogP contribution in [-0.4, -0.2) is 31.7 Å². The monoisotopic (exact) mass is 430 g/mol. The van der Waals surface area contributed by atoms with Gasteiger partial charge in [-0.25, -0.2) is 9.48 Å². The Morgan fingerprint density at radius 3 is 2.41 bits per heavy atom. The second-order valence-electron chi connectivity index (χ2n) is 9.20. The number of benzene rings is 2. The van der Waals surface area contributed by atoms with Crippen LogP contribution in [0.1, 0.15) is 39.2 Å². The van der Waals surface area contributed by atoms with Crippen LogP contribution in [-0.2, 0) is 20.7 Å². The van der Waals surface area contributed by atoms with Crippen LogP contribution in [0.3, 0.4) is 0 Å². The number of nitrogens with zero attached hydrogens (tertiary/aromatic N) is 4. The standard InChI is InChI=1S/C24H22N4O4/c1-23(2,3)15-10-8-14(9-11-15)19-21(30)25-20-16-6-4-5-7-17(16)27-18(29)12-13-24(27,22(31)32)28(20)26-19/h4-11H,12-13H2,1-3H3,(H,31,32). The van der Waals surface area contributed by atoms with E-state index in [-0.39, 0.29) is 35.7 Å². The number of rotatable bonds is 2. The summed E-state index contributed by atoms with van der Waals surface area (Å²) in [7, 11) is 0. The van der Waals surface area contributed by atoms with Crippen LogP contribution in [0.15, 0.2) is 53.3 Å². The minimum Gasteiger partial charge on any atom is -0.478 e. The number of carbonyl (C=O) groups is 2. The number of aromatic nitrogens is 3. The number of anilines is 1. The van der Waals surface area contributed by atoms with Gasteiger partial charge in [0, 0.05) is 24.0 Å². The zero-order valence-corrected chi connectivity index (χ0v) is 18.0. The fourth-order valence-electron chi connectivity index (χ4n) is 4.52. The molecule has 0 saturated carbocycles. The maximum atomic E-state index is 13.0. The minimum atomic E-state index is -1.76. The van der Waals surface area contributed by atoms with Crippen molar-refractivity contribution < 1.29 is 14.7 Å². The lowest BCUT2D eigenvalue weighted by molar-refractivity contribution is -0.148. The summed E-state index contributed by atoms with van der Waals surface area (Å²) in [6.45, 7) is 6.28. The number of fused-ring (bicyclic) bond motifs is 6. The van der Waals surface area contributed by atoms with Crippen LogP contribution in [0, 0.1) is 0 Å². The van der Waals surface area contributed by atoms with E-state index in [4.69, 9.17) is 0 Å². The van der Waals surface area contributed by atoms with E-state index in [1.807, 2.05) is 12.1 Å². The molecule has 2 aliphatic rings. The number of carbonyl (C=O) groups excluding carboxylic acids is 1. The van der Waals surface area contributed by atoms with E-state index in [0.29, 0.717) is 16.8 Å². The van der Waals surface area contributed by atoms with Crippen LogP contribution in [0.25, 0.3) is 22.6 Å². The Kier molecular flexibility index (Phi) is 4.14. The molecular weight excluding hydrogens is 408 g/mol. The highest BCUT2D eigenvalue weighted by Gasteiger charge is 2.58. The third-order valence-electron chi connectivity index (χ3n) is 6.22. The predicted molar refractivity (Wildman–Crippen MR) is 118 cm³/mol. The minimum absolute atomic E-state index is 0.0302. The van der Waals surface area contributed by atoms with Gasteiger partial charge in [-0.15, -0.1) is 0 Å². The van der Waals surface area contributed by atoms with Crippen molar-refractivity contribution >= 4 is 17.6 Å². The molecule has 3 heterocycles. The van der Waals surface area contributed by atoms with E-state index < -0.39 is 17.2 Å². The van der Waals surface area contributed by atoms with E-state index in [1.54, 1.807) is 36.4 Å². The van der Waals surface area contributed by atoms with Crippen molar-refractivity contribution in [3.05, 3.63) is 64.4 Å². The van der Waals surface area contributed by atoms with E-state index in [1.165, 1.54) is 9.58 Å². The first-order valence-corrected chi connectivity index (χ1v) is 10.4. The molecule has 2 aliphatic heterocycles. The van der Waals surface area contributed by atoms with Crippen molar-refractivity contribution in [2.24, 2.45) is 0 Å². The lowest BCUT2D eigenvalue weighted by Crippen LogP contribution is -2.58. The van der Waals surface area contributed by atoms with E-state index in [9.17, 15) is 19.5 Å². The molecule has 1 amide bonds. The summed E-state index contributed by atoms with van der Waals surface area (Å²) >= 11 is 0.